The van der Waals surface area contributed by atoms with Gasteiger partial charge in [-0.15, -0.1) is 0 Å². The largest absolute Gasteiger partial charge is 0.507 e. The second-order valence-corrected chi connectivity index (χ2v) is 6.18. The van der Waals surface area contributed by atoms with Gasteiger partial charge in [-0.05, 0) is 30.5 Å². The first-order valence-electron chi connectivity index (χ1n) is 7.86. The Bertz CT molecular complexity index is 986. The molecular weight excluding hydrogens is 324 g/mol. The number of ether oxygens (including phenoxy) is 1. The topological polar surface area (TPSA) is 101 Å². The minimum atomic E-state index is -0.677. The number of carbonyl (C=O) groups excluding carboxylic acids is 3. The van der Waals surface area contributed by atoms with Crippen LogP contribution in [0.3, 0.4) is 0 Å². The number of phenolic OH excluding ortho intramolecular Hbond substituents is 2. The standard InChI is InChI=1S/C19H14O6/c1-25-9-6-10-15(13(22)7-9)19(24)16-12(21)5-8-3-2-4-11(20)14(8)17(16)18(10)23/h5-7,21-22H,2-4H2,1H3. The number of ketones is 3. The van der Waals surface area contributed by atoms with Crippen molar-refractivity contribution in [3.05, 3.63) is 51.6 Å². The zero-order valence-electron chi connectivity index (χ0n) is 13.4. The summed E-state index contributed by atoms with van der Waals surface area (Å²) in [6, 6.07) is 3.97. The van der Waals surface area contributed by atoms with E-state index in [1.165, 1.54) is 25.3 Å². The molecule has 126 valence electrons. The molecule has 2 aliphatic carbocycles. The molecule has 0 radical (unpaired) electrons. The van der Waals surface area contributed by atoms with E-state index in [-0.39, 0.29) is 45.1 Å². The van der Waals surface area contributed by atoms with E-state index in [1.54, 1.807) is 0 Å². The lowest BCUT2D eigenvalue weighted by atomic mass is 9.76. The molecule has 0 amide bonds. The molecule has 2 aliphatic rings. The Kier molecular flexibility index (Phi) is 3.18. The Morgan fingerprint density at radius 3 is 2.28 bits per heavy atom. The van der Waals surface area contributed by atoms with Crippen molar-refractivity contribution in [2.75, 3.05) is 7.11 Å². The van der Waals surface area contributed by atoms with Crippen LogP contribution in [0.15, 0.2) is 18.2 Å². The Morgan fingerprint density at radius 2 is 1.56 bits per heavy atom. The second-order valence-electron chi connectivity index (χ2n) is 6.18. The quantitative estimate of drug-likeness (QED) is 0.706. The Labute approximate surface area is 142 Å². The molecule has 0 fully saturated rings. The molecule has 2 N–H and O–H groups in total. The second kappa shape index (κ2) is 5.17. The maximum absolute atomic E-state index is 13.1. The highest BCUT2D eigenvalue weighted by atomic mass is 16.5. The van der Waals surface area contributed by atoms with Gasteiger partial charge in [-0.1, -0.05) is 0 Å². The van der Waals surface area contributed by atoms with E-state index in [0.717, 1.165) is 0 Å². The van der Waals surface area contributed by atoms with E-state index in [4.69, 9.17) is 4.74 Å². The monoisotopic (exact) mass is 338 g/mol. The smallest absolute Gasteiger partial charge is 0.201 e. The van der Waals surface area contributed by atoms with Crippen molar-refractivity contribution >= 4 is 17.3 Å². The first kappa shape index (κ1) is 15.4. The normalized spacial score (nSPS) is 15.5. The minimum absolute atomic E-state index is 0.0273. The van der Waals surface area contributed by atoms with Crippen molar-refractivity contribution < 1.29 is 29.3 Å². The first-order valence-corrected chi connectivity index (χ1v) is 7.86. The van der Waals surface area contributed by atoms with E-state index in [1.807, 2.05) is 0 Å². The van der Waals surface area contributed by atoms with Gasteiger partial charge in [0, 0.05) is 29.2 Å². The van der Waals surface area contributed by atoms with Crippen LogP contribution in [0.1, 0.15) is 60.6 Å². The van der Waals surface area contributed by atoms with E-state index < -0.39 is 17.3 Å². The zero-order chi connectivity index (χ0) is 17.9. The highest BCUT2D eigenvalue weighted by Crippen LogP contribution is 2.42. The third kappa shape index (κ3) is 2.00. The molecular formula is C19H14O6. The lowest BCUT2D eigenvalue weighted by Gasteiger charge is -2.25. The lowest BCUT2D eigenvalue weighted by molar-refractivity contribution is 0.0947. The fourth-order valence-electron chi connectivity index (χ4n) is 3.66. The third-order valence-electron chi connectivity index (χ3n) is 4.77. The molecule has 0 heterocycles. The van der Waals surface area contributed by atoms with Crippen molar-refractivity contribution in [3.8, 4) is 17.2 Å². The van der Waals surface area contributed by atoms with Gasteiger partial charge in [-0.2, -0.15) is 0 Å². The van der Waals surface area contributed by atoms with E-state index in [0.29, 0.717) is 24.8 Å². The number of aryl methyl sites for hydroxylation is 1. The molecule has 4 rings (SSSR count). The number of aromatic hydroxyl groups is 2. The number of carbonyl (C=O) groups is 3. The summed E-state index contributed by atoms with van der Waals surface area (Å²) in [5.41, 5.74) is 0.295. The van der Waals surface area contributed by atoms with E-state index in [2.05, 4.69) is 0 Å². The van der Waals surface area contributed by atoms with Gasteiger partial charge in [0.1, 0.15) is 17.2 Å². The van der Waals surface area contributed by atoms with Gasteiger partial charge in [0.05, 0.1) is 18.2 Å². The van der Waals surface area contributed by atoms with Gasteiger partial charge >= 0.3 is 0 Å². The van der Waals surface area contributed by atoms with Gasteiger partial charge in [0.25, 0.3) is 0 Å². The number of Topliss-reactive ketones (excluding diaryl/α,β-unsaturated/α-hetero) is 1. The maximum Gasteiger partial charge on any atom is 0.201 e. The Balaban J connectivity index is 2.08. The van der Waals surface area contributed by atoms with E-state index >= 15 is 0 Å². The van der Waals surface area contributed by atoms with Crippen LogP contribution in [-0.4, -0.2) is 34.7 Å². The van der Waals surface area contributed by atoms with Gasteiger partial charge in [-0.25, -0.2) is 0 Å². The summed E-state index contributed by atoms with van der Waals surface area (Å²) >= 11 is 0. The van der Waals surface area contributed by atoms with Crippen LogP contribution in [0, 0.1) is 0 Å². The molecule has 25 heavy (non-hydrogen) atoms. The summed E-state index contributed by atoms with van der Waals surface area (Å²) in [5.74, 6) is -1.98. The molecule has 0 saturated heterocycles. The van der Waals surface area contributed by atoms with E-state index in [9.17, 15) is 24.6 Å². The molecule has 6 heteroatoms. The summed E-state index contributed by atoms with van der Waals surface area (Å²) in [6.45, 7) is 0. The highest BCUT2D eigenvalue weighted by molar-refractivity contribution is 6.33. The van der Waals surface area contributed by atoms with Crippen molar-refractivity contribution in [2.24, 2.45) is 0 Å². The van der Waals surface area contributed by atoms with Crippen molar-refractivity contribution in [3.63, 3.8) is 0 Å². The molecule has 0 aromatic heterocycles. The average Bonchev–Trinajstić information content (AvgIpc) is 2.58. The maximum atomic E-state index is 13.1. The number of fused-ring (bicyclic) bond motifs is 4. The number of hydrogen-bond acceptors (Lipinski definition) is 6. The summed E-state index contributed by atoms with van der Waals surface area (Å²) in [7, 11) is 1.38. The number of rotatable bonds is 1. The van der Waals surface area contributed by atoms with Crippen molar-refractivity contribution in [1.82, 2.24) is 0 Å². The highest BCUT2D eigenvalue weighted by Gasteiger charge is 2.39. The molecule has 2 aromatic carbocycles. The molecule has 0 unspecified atom stereocenters. The molecule has 0 spiro atoms. The van der Waals surface area contributed by atoms with Crippen molar-refractivity contribution in [1.29, 1.82) is 0 Å². The molecule has 6 nitrogen and oxygen atoms in total. The van der Waals surface area contributed by atoms with Crippen LogP contribution in [0.5, 0.6) is 17.2 Å². The van der Waals surface area contributed by atoms with Gasteiger partial charge in [-0.3, -0.25) is 14.4 Å². The van der Waals surface area contributed by atoms with Crippen LogP contribution in [0.25, 0.3) is 0 Å². The van der Waals surface area contributed by atoms with Crippen molar-refractivity contribution in [2.45, 2.75) is 19.3 Å². The molecule has 0 saturated carbocycles. The third-order valence-corrected chi connectivity index (χ3v) is 4.77. The number of phenols is 2. The van der Waals surface area contributed by atoms with Gasteiger partial charge in [0.15, 0.2) is 11.6 Å². The molecule has 0 aliphatic heterocycles. The first-order chi connectivity index (χ1) is 11.9. The fraction of sp³-hybridized carbons (Fsp3) is 0.211. The average molecular weight is 338 g/mol. The summed E-state index contributed by atoms with van der Waals surface area (Å²) in [5, 5.41) is 20.5. The van der Waals surface area contributed by atoms with Crippen LogP contribution in [-0.2, 0) is 6.42 Å². The summed E-state index contributed by atoms with van der Waals surface area (Å²) in [4.78, 5) is 38.3. The molecule has 0 bridgehead atoms. The molecule has 0 atom stereocenters. The summed E-state index contributed by atoms with van der Waals surface area (Å²) in [6.07, 6.45) is 1.49. The van der Waals surface area contributed by atoms with Gasteiger partial charge in [0.2, 0.25) is 5.78 Å². The fourth-order valence-corrected chi connectivity index (χ4v) is 3.66. The predicted molar refractivity (Wildman–Crippen MR) is 86.9 cm³/mol. The predicted octanol–water partition coefficient (Wildman–Crippen LogP) is 2.40. The summed E-state index contributed by atoms with van der Waals surface area (Å²) < 4.78 is 5.05. The Morgan fingerprint density at radius 1 is 0.840 bits per heavy atom. The number of hydrogen-bond donors (Lipinski definition) is 2. The minimum Gasteiger partial charge on any atom is -0.507 e. The lowest BCUT2D eigenvalue weighted by Crippen LogP contribution is -2.26. The van der Waals surface area contributed by atoms with Crippen LogP contribution >= 0.6 is 0 Å². The van der Waals surface area contributed by atoms with Gasteiger partial charge < -0.3 is 14.9 Å². The molecule has 2 aromatic rings. The van der Waals surface area contributed by atoms with Crippen LogP contribution in [0.4, 0.5) is 0 Å². The number of methoxy groups -OCH3 is 1. The zero-order valence-corrected chi connectivity index (χ0v) is 13.4. The number of benzene rings is 2. The Hall–Kier alpha value is -3.15. The van der Waals surface area contributed by atoms with Crippen LogP contribution in [0.2, 0.25) is 0 Å². The SMILES string of the molecule is COc1cc(O)c2c(c1)C(=O)c1c(c(O)cc3c1C(=O)CCC3)C2=O. The van der Waals surface area contributed by atoms with Crippen LogP contribution < -0.4 is 4.74 Å².